The van der Waals surface area contributed by atoms with Gasteiger partial charge in [-0.2, -0.15) is 0 Å². The van der Waals surface area contributed by atoms with Gasteiger partial charge in [0.15, 0.2) is 0 Å². The van der Waals surface area contributed by atoms with E-state index in [-0.39, 0.29) is 11.9 Å². The zero-order chi connectivity index (χ0) is 14.9. The third-order valence-electron chi connectivity index (χ3n) is 3.30. The van der Waals surface area contributed by atoms with E-state index in [9.17, 15) is 4.39 Å². The Hall–Kier alpha value is -0.710. The molecule has 0 spiro atoms. The summed E-state index contributed by atoms with van der Waals surface area (Å²) in [5.74, 6) is -0.126. The summed E-state index contributed by atoms with van der Waals surface area (Å²) in [5, 5.41) is 3.30. The minimum absolute atomic E-state index is 0.0294. The lowest BCUT2D eigenvalue weighted by Crippen LogP contribution is -2.18. The minimum atomic E-state index is -0.126. The van der Waals surface area contributed by atoms with Crippen molar-refractivity contribution >= 4 is 31.9 Å². The fraction of sp³-hybridized carbons (Fsp3) is 0.250. The summed E-state index contributed by atoms with van der Waals surface area (Å²) >= 11 is 7.01. The molecule has 0 aliphatic rings. The van der Waals surface area contributed by atoms with Crippen LogP contribution in [0.2, 0.25) is 0 Å². The van der Waals surface area contributed by atoms with E-state index in [0.717, 1.165) is 20.1 Å². The van der Waals surface area contributed by atoms with E-state index in [1.165, 1.54) is 0 Å². The van der Waals surface area contributed by atoms with Gasteiger partial charge in [-0.25, -0.2) is 4.39 Å². The molecule has 2 rings (SSSR count). The van der Waals surface area contributed by atoms with Crippen molar-refractivity contribution in [3.05, 3.63) is 67.3 Å². The fourth-order valence-corrected chi connectivity index (χ4v) is 3.74. The summed E-state index contributed by atoms with van der Waals surface area (Å²) in [6.07, 6.45) is 0. The van der Waals surface area contributed by atoms with Gasteiger partial charge in [-0.3, -0.25) is 0 Å². The van der Waals surface area contributed by atoms with Gasteiger partial charge in [0, 0.05) is 8.95 Å². The van der Waals surface area contributed by atoms with Crippen LogP contribution in [0.25, 0.3) is 0 Å². The van der Waals surface area contributed by atoms with Crippen molar-refractivity contribution in [2.75, 3.05) is 7.05 Å². The lowest BCUT2D eigenvalue weighted by atomic mass is 9.95. The Morgan fingerprint density at radius 2 is 1.35 bits per heavy atom. The second-order valence-electron chi connectivity index (χ2n) is 4.89. The number of hydrogen-bond donors (Lipinski definition) is 1. The molecule has 0 radical (unpaired) electrons. The number of benzene rings is 2. The van der Waals surface area contributed by atoms with Crippen LogP contribution in [0.15, 0.2) is 39.3 Å². The van der Waals surface area contributed by atoms with E-state index in [2.05, 4.69) is 49.3 Å². The maximum atomic E-state index is 13.8. The van der Waals surface area contributed by atoms with E-state index in [1.807, 2.05) is 25.2 Å². The summed E-state index contributed by atoms with van der Waals surface area (Å²) in [6, 6.07) is 9.97. The summed E-state index contributed by atoms with van der Waals surface area (Å²) in [7, 11) is 1.91. The van der Waals surface area contributed by atoms with Gasteiger partial charge in [0.1, 0.15) is 5.82 Å². The first-order chi connectivity index (χ1) is 9.42. The molecule has 1 unspecified atom stereocenters. The second-order valence-corrected chi connectivity index (χ2v) is 6.72. The smallest absolute Gasteiger partial charge is 0.129 e. The highest BCUT2D eigenvalue weighted by Gasteiger charge is 2.15. The summed E-state index contributed by atoms with van der Waals surface area (Å²) < 4.78 is 15.8. The standard InChI is InChI=1S/C16H16Br2FN/c1-9-4-11(5-10(2)15(9)19)16(20-3)12-6-13(17)8-14(18)7-12/h4-8,16,20H,1-3H3. The molecule has 0 bridgehead atoms. The SMILES string of the molecule is CNC(c1cc(Br)cc(Br)c1)c1cc(C)c(F)c(C)c1. The van der Waals surface area contributed by atoms with Crippen molar-refractivity contribution in [1.29, 1.82) is 0 Å². The van der Waals surface area contributed by atoms with E-state index >= 15 is 0 Å². The largest absolute Gasteiger partial charge is 0.309 e. The summed E-state index contributed by atoms with van der Waals surface area (Å²) in [4.78, 5) is 0. The third kappa shape index (κ3) is 3.30. The van der Waals surface area contributed by atoms with Crippen molar-refractivity contribution in [3.8, 4) is 0 Å². The van der Waals surface area contributed by atoms with Crippen LogP contribution in [0.4, 0.5) is 4.39 Å². The van der Waals surface area contributed by atoms with Crippen molar-refractivity contribution in [2.45, 2.75) is 19.9 Å². The molecule has 1 N–H and O–H groups in total. The molecule has 1 nitrogen and oxygen atoms in total. The molecule has 0 saturated carbocycles. The molecule has 0 fully saturated rings. The number of nitrogens with one attached hydrogen (secondary N) is 1. The van der Waals surface area contributed by atoms with Gasteiger partial charge in [-0.05, 0) is 61.3 Å². The first kappa shape index (κ1) is 15.7. The van der Waals surface area contributed by atoms with Crippen LogP contribution in [-0.4, -0.2) is 7.05 Å². The molecule has 0 aliphatic carbocycles. The summed E-state index contributed by atoms with van der Waals surface area (Å²) in [6.45, 7) is 3.60. The Morgan fingerprint density at radius 1 is 0.900 bits per heavy atom. The Kier molecular flexibility index (Phi) is 4.99. The van der Waals surface area contributed by atoms with Crippen LogP contribution in [0, 0.1) is 19.7 Å². The van der Waals surface area contributed by atoms with Crippen molar-refractivity contribution in [2.24, 2.45) is 0 Å². The van der Waals surface area contributed by atoms with E-state index in [1.54, 1.807) is 13.8 Å². The molecular formula is C16H16Br2FN. The average molecular weight is 401 g/mol. The molecule has 106 valence electrons. The Morgan fingerprint density at radius 3 is 1.80 bits per heavy atom. The van der Waals surface area contributed by atoms with Gasteiger partial charge in [0.05, 0.1) is 6.04 Å². The quantitative estimate of drug-likeness (QED) is 0.739. The first-order valence-electron chi connectivity index (χ1n) is 6.32. The second kappa shape index (κ2) is 6.37. The molecule has 0 aromatic heterocycles. The molecule has 0 aliphatic heterocycles. The number of hydrogen-bond acceptors (Lipinski definition) is 1. The normalized spacial score (nSPS) is 12.5. The van der Waals surface area contributed by atoms with Crippen LogP contribution in [0.1, 0.15) is 28.3 Å². The zero-order valence-electron chi connectivity index (χ0n) is 11.6. The van der Waals surface area contributed by atoms with E-state index in [0.29, 0.717) is 11.1 Å². The lowest BCUT2D eigenvalue weighted by Gasteiger charge is -2.19. The number of halogens is 3. The maximum absolute atomic E-state index is 13.8. The number of rotatable bonds is 3. The zero-order valence-corrected chi connectivity index (χ0v) is 14.8. The van der Waals surface area contributed by atoms with E-state index in [4.69, 9.17) is 0 Å². The maximum Gasteiger partial charge on any atom is 0.129 e. The predicted molar refractivity (Wildman–Crippen MR) is 88.6 cm³/mol. The van der Waals surface area contributed by atoms with Gasteiger partial charge >= 0.3 is 0 Å². The molecular weight excluding hydrogens is 385 g/mol. The molecule has 1 atom stereocenters. The van der Waals surface area contributed by atoms with Crippen molar-refractivity contribution in [3.63, 3.8) is 0 Å². The van der Waals surface area contributed by atoms with Crippen molar-refractivity contribution in [1.82, 2.24) is 5.32 Å². The van der Waals surface area contributed by atoms with Crippen LogP contribution < -0.4 is 5.32 Å². The van der Waals surface area contributed by atoms with Crippen LogP contribution in [0.3, 0.4) is 0 Å². The Bertz CT molecular complexity index is 597. The fourth-order valence-electron chi connectivity index (χ4n) is 2.41. The van der Waals surface area contributed by atoms with Gasteiger partial charge < -0.3 is 5.32 Å². The van der Waals surface area contributed by atoms with Crippen molar-refractivity contribution < 1.29 is 4.39 Å². The van der Waals surface area contributed by atoms with E-state index < -0.39 is 0 Å². The van der Waals surface area contributed by atoms with Crippen LogP contribution in [0.5, 0.6) is 0 Å². The van der Waals surface area contributed by atoms with Gasteiger partial charge in [-0.15, -0.1) is 0 Å². The monoisotopic (exact) mass is 399 g/mol. The van der Waals surface area contributed by atoms with Gasteiger partial charge in [-0.1, -0.05) is 44.0 Å². The Balaban J connectivity index is 2.52. The molecule has 4 heteroatoms. The molecule has 2 aromatic rings. The minimum Gasteiger partial charge on any atom is -0.309 e. The van der Waals surface area contributed by atoms with Crippen LogP contribution >= 0.6 is 31.9 Å². The Labute approximate surface area is 135 Å². The highest BCUT2D eigenvalue weighted by molar-refractivity contribution is 9.11. The third-order valence-corrected chi connectivity index (χ3v) is 4.21. The lowest BCUT2D eigenvalue weighted by molar-refractivity contribution is 0.604. The highest BCUT2D eigenvalue weighted by Crippen LogP contribution is 2.29. The van der Waals surface area contributed by atoms with Gasteiger partial charge in [0.25, 0.3) is 0 Å². The van der Waals surface area contributed by atoms with Crippen LogP contribution in [-0.2, 0) is 0 Å². The molecule has 0 amide bonds. The predicted octanol–water partition coefficient (Wildman–Crippen LogP) is 5.28. The molecule has 0 heterocycles. The first-order valence-corrected chi connectivity index (χ1v) is 7.91. The highest BCUT2D eigenvalue weighted by atomic mass is 79.9. The molecule has 2 aromatic carbocycles. The summed E-state index contributed by atoms with van der Waals surface area (Å²) in [5.41, 5.74) is 3.54. The topological polar surface area (TPSA) is 12.0 Å². The van der Waals surface area contributed by atoms with Gasteiger partial charge in [0.2, 0.25) is 0 Å². The average Bonchev–Trinajstić information content (AvgIpc) is 2.35. The number of aryl methyl sites for hydroxylation is 2. The molecule has 20 heavy (non-hydrogen) atoms. The molecule has 0 saturated heterocycles.